The molecule has 0 saturated heterocycles. The van der Waals surface area contributed by atoms with E-state index in [1.807, 2.05) is 6.07 Å². The Morgan fingerprint density at radius 3 is 2.53 bits per heavy atom. The summed E-state index contributed by atoms with van der Waals surface area (Å²) in [5.74, 6) is 0.367. The first-order valence-corrected chi connectivity index (χ1v) is 7.29. The molecule has 1 aromatic rings. The number of hydrogen-bond donors (Lipinski definition) is 1. The lowest BCUT2D eigenvalue weighted by atomic mass is 9.96. The van der Waals surface area contributed by atoms with Gasteiger partial charge in [-0.25, -0.2) is 0 Å². The maximum Gasteiger partial charge on any atom is 0.312 e. The summed E-state index contributed by atoms with van der Waals surface area (Å²) in [5, 5.41) is -0.466. The van der Waals surface area contributed by atoms with Gasteiger partial charge in [-0.15, -0.1) is 0 Å². The highest BCUT2D eigenvalue weighted by molar-refractivity contribution is 7.87. The van der Waals surface area contributed by atoms with Crippen molar-refractivity contribution in [3.05, 3.63) is 30.3 Å². The van der Waals surface area contributed by atoms with Crippen molar-refractivity contribution in [3.8, 4) is 5.75 Å². The summed E-state index contributed by atoms with van der Waals surface area (Å²) in [5.41, 5.74) is 5.80. The molecule has 4 nitrogen and oxygen atoms in total. The van der Waals surface area contributed by atoms with Crippen LogP contribution in [0.3, 0.4) is 0 Å². The Labute approximate surface area is 102 Å². The van der Waals surface area contributed by atoms with Gasteiger partial charge in [-0.1, -0.05) is 24.6 Å². The number of hydrogen-bond acceptors (Lipinski definition) is 4. The Hall–Kier alpha value is -1.07. The van der Waals surface area contributed by atoms with E-state index in [2.05, 4.69) is 0 Å². The van der Waals surface area contributed by atoms with Crippen LogP contribution in [0.5, 0.6) is 5.75 Å². The molecule has 1 aliphatic rings. The molecule has 0 amide bonds. The molecule has 2 atom stereocenters. The lowest BCUT2D eigenvalue weighted by Crippen LogP contribution is -2.37. The first-order chi connectivity index (χ1) is 8.08. The van der Waals surface area contributed by atoms with Gasteiger partial charge in [0.1, 0.15) is 5.75 Å². The van der Waals surface area contributed by atoms with Crippen LogP contribution in [0.25, 0.3) is 0 Å². The zero-order chi connectivity index (χ0) is 12.3. The van der Waals surface area contributed by atoms with Crippen LogP contribution in [-0.2, 0) is 10.1 Å². The van der Waals surface area contributed by atoms with E-state index in [-0.39, 0.29) is 6.04 Å². The summed E-state index contributed by atoms with van der Waals surface area (Å²) < 4.78 is 29.2. The van der Waals surface area contributed by atoms with Crippen LogP contribution in [0, 0.1) is 0 Å². The van der Waals surface area contributed by atoms with Gasteiger partial charge in [-0.05, 0) is 31.4 Å². The molecule has 2 N–H and O–H groups in total. The number of benzene rings is 1. The van der Waals surface area contributed by atoms with E-state index < -0.39 is 15.4 Å². The summed E-state index contributed by atoms with van der Waals surface area (Å²) in [6.07, 6.45) is 2.89. The van der Waals surface area contributed by atoms with Gasteiger partial charge >= 0.3 is 10.1 Å². The first-order valence-electron chi connectivity index (χ1n) is 5.82. The molecule has 0 radical (unpaired) electrons. The van der Waals surface area contributed by atoms with E-state index in [1.54, 1.807) is 24.3 Å². The van der Waals surface area contributed by atoms with Gasteiger partial charge in [0.2, 0.25) is 0 Å². The van der Waals surface area contributed by atoms with Crippen LogP contribution >= 0.6 is 0 Å². The minimum Gasteiger partial charge on any atom is -0.382 e. The summed E-state index contributed by atoms with van der Waals surface area (Å²) >= 11 is 0. The number of rotatable bonds is 3. The maximum atomic E-state index is 12.0. The van der Waals surface area contributed by atoms with Crippen molar-refractivity contribution >= 4 is 10.1 Å². The zero-order valence-electron chi connectivity index (χ0n) is 9.58. The van der Waals surface area contributed by atoms with Gasteiger partial charge < -0.3 is 9.92 Å². The number of para-hydroxylation sites is 1. The van der Waals surface area contributed by atoms with Crippen LogP contribution in [0.15, 0.2) is 30.3 Å². The molecule has 94 valence electrons. The topological polar surface area (TPSA) is 69.4 Å². The van der Waals surface area contributed by atoms with E-state index in [0.717, 1.165) is 12.8 Å². The van der Waals surface area contributed by atoms with Crippen molar-refractivity contribution in [2.75, 3.05) is 0 Å². The Bertz CT molecular complexity index is 458. The lowest BCUT2D eigenvalue weighted by molar-refractivity contribution is 0.401. The molecule has 1 aromatic carbocycles. The van der Waals surface area contributed by atoms with Crippen LogP contribution in [0.2, 0.25) is 0 Å². The highest BCUT2D eigenvalue weighted by Gasteiger charge is 2.32. The molecule has 0 aromatic heterocycles. The van der Waals surface area contributed by atoms with Crippen LogP contribution in [0.1, 0.15) is 25.7 Å². The predicted octanol–water partition coefficient (Wildman–Crippen LogP) is 1.67. The van der Waals surface area contributed by atoms with Gasteiger partial charge in [0, 0.05) is 6.04 Å². The Morgan fingerprint density at radius 1 is 1.18 bits per heavy atom. The number of nitrogens with two attached hydrogens (primary N) is 1. The van der Waals surface area contributed by atoms with Crippen molar-refractivity contribution in [1.29, 1.82) is 0 Å². The molecule has 1 saturated carbocycles. The summed E-state index contributed by atoms with van der Waals surface area (Å²) in [6, 6.07) is 8.56. The van der Waals surface area contributed by atoms with E-state index in [9.17, 15) is 8.42 Å². The van der Waals surface area contributed by atoms with E-state index in [4.69, 9.17) is 9.92 Å². The van der Waals surface area contributed by atoms with Gasteiger partial charge in [0.25, 0.3) is 0 Å². The highest BCUT2D eigenvalue weighted by atomic mass is 32.2. The zero-order valence-corrected chi connectivity index (χ0v) is 10.4. The van der Waals surface area contributed by atoms with Gasteiger partial charge in [-0.3, -0.25) is 0 Å². The molecule has 0 aliphatic heterocycles. The minimum atomic E-state index is -3.55. The molecule has 1 aliphatic carbocycles. The fourth-order valence-electron chi connectivity index (χ4n) is 2.12. The summed E-state index contributed by atoms with van der Waals surface area (Å²) in [6.45, 7) is 0. The second kappa shape index (κ2) is 5.06. The predicted molar refractivity (Wildman–Crippen MR) is 66.2 cm³/mol. The Balaban J connectivity index is 2.08. The largest absolute Gasteiger partial charge is 0.382 e. The SMILES string of the molecule is NC1CCCC(S(=O)(=O)Oc2ccccc2)C1. The molecule has 2 unspecified atom stereocenters. The van der Waals surface area contributed by atoms with Crippen LogP contribution < -0.4 is 9.92 Å². The normalized spacial score (nSPS) is 25.5. The molecule has 2 rings (SSSR count). The lowest BCUT2D eigenvalue weighted by Gasteiger charge is -2.25. The molecular formula is C12H17NO3S. The third-order valence-electron chi connectivity index (χ3n) is 3.03. The fourth-order valence-corrected chi connectivity index (χ4v) is 3.58. The third kappa shape index (κ3) is 3.20. The van der Waals surface area contributed by atoms with Crippen LogP contribution in [-0.4, -0.2) is 19.7 Å². The fraction of sp³-hybridized carbons (Fsp3) is 0.500. The maximum absolute atomic E-state index is 12.0. The van der Waals surface area contributed by atoms with E-state index in [1.165, 1.54) is 0 Å². The first kappa shape index (κ1) is 12.4. The average Bonchev–Trinajstić information content (AvgIpc) is 2.30. The molecule has 1 fully saturated rings. The van der Waals surface area contributed by atoms with E-state index in [0.29, 0.717) is 18.6 Å². The summed E-state index contributed by atoms with van der Waals surface area (Å²) in [4.78, 5) is 0. The average molecular weight is 255 g/mol. The van der Waals surface area contributed by atoms with Crippen molar-refractivity contribution < 1.29 is 12.6 Å². The molecule has 0 bridgehead atoms. The van der Waals surface area contributed by atoms with Crippen molar-refractivity contribution in [2.24, 2.45) is 5.73 Å². The molecule has 17 heavy (non-hydrogen) atoms. The second-order valence-electron chi connectivity index (χ2n) is 4.44. The van der Waals surface area contributed by atoms with Gasteiger partial charge in [0.05, 0.1) is 5.25 Å². The van der Waals surface area contributed by atoms with Crippen molar-refractivity contribution in [2.45, 2.75) is 37.0 Å². The summed E-state index contributed by atoms with van der Waals surface area (Å²) in [7, 11) is -3.55. The second-order valence-corrected chi connectivity index (χ2v) is 6.26. The molecule has 0 spiro atoms. The Morgan fingerprint density at radius 2 is 1.88 bits per heavy atom. The van der Waals surface area contributed by atoms with Crippen molar-refractivity contribution in [3.63, 3.8) is 0 Å². The molecular weight excluding hydrogens is 238 g/mol. The quantitative estimate of drug-likeness (QED) is 0.834. The smallest absolute Gasteiger partial charge is 0.312 e. The Kier molecular flexibility index (Phi) is 3.69. The van der Waals surface area contributed by atoms with Crippen molar-refractivity contribution in [1.82, 2.24) is 0 Å². The molecule has 5 heteroatoms. The molecule has 0 heterocycles. The van der Waals surface area contributed by atoms with Gasteiger partial charge in [0.15, 0.2) is 0 Å². The standard InChI is InChI=1S/C12H17NO3S/c13-10-5-4-8-12(9-10)17(14,15)16-11-6-2-1-3-7-11/h1-3,6-7,10,12H,4-5,8-9,13H2. The third-order valence-corrected chi connectivity index (χ3v) is 4.70. The minimum absolute atomic E-state index is 0.0251. The monoisotopic (exact) mass is 255 g/mol. The van der Waals surface area contributed by atoms with Crippen LogP contribution in [0.4, 0.5) is 0 Å². The van der Waals surface area contributed by atoms with E-state index >= 15 is 0 Å². The highest BCUT2D eigenvalue weighted by Crippen LogP contribution is 2.25. The van der Waals surface area contributed by atoms with Gasteiger partial charge in [-0.2, -0.15) is 8.42 Å².